The van der Waals surface area contributed by atoms with E-state index in [2.05, 4.69) is 224 Å². The van der Waals surface area contributed by atoms with Gasteiger partial charge in [-0.05, 0) is 82.9 Å². The van der Waals surface area contributed by atoms with Crippen LogP contribution in [0.25, 0.3) is 88.7 Å². The van der Waals surface area contributed by atoms with E-state index in [4.69, 9.17) is 15.0 Å². The van der Waals surface area contributed by atoms with Gasteiger partial charge >= 0.3 is 0 Å². The van der Waals surface area contributed by atoms with Crippen molar-refractivity contribution in [1.82, 2.24) is 15.0 Å². The molecule has 0 bridgehead atoms. The highest BCUT2D eigenvalue weighted by atomic mass is 15.0. The molecule has 1 aliphatic carbocycles. The topological polar surface area (TPSA) is 38.7 Å². The predicted octanol–water partition coefficient (Wildman–Crippen LogP) is 14.4. The van der Waals surface area contributed by atoms with Gasteiger partial charge in [-0.3, -0.25) is 0 Å². The molecule has 0 spiro atoms. The third-order valence-corrected chi connectivity index (χ3v) is 12.6. The summed E-state index contributed by atoms with van der Waals surface area (Å²) in [5.41, 5.74) is 11.7. The van der Waals surface area contributed by atoms with Crippen molar-refractivity contribution in [2.45, 2.75) is 5.41 Å². The molecular formula is C58H37N3. The second-order valence-corrected chi connectivity index (χ2v) is 15.8. The SMILES string of the molecule is c1ccc(-c2ccccc2-c2nc(-c3cccc4c3-c3ccccc3C4(c3ccccc3)c3ccccc3)nc(-c3c4ccccc4cc4c3ccc3ccccc34)n2)cc1. The van der Waals surface area contributed by atoms with Gasteiger partial charge in [0.25, 0.3) is 0 Å². The molecule has 0 atom stereocenters. The Morgan fingerprint density at radius 3 is 1.54 bits per heavy atom. The zero-order valence-electron chi connectivity index (χ0n) is 33.2. The minimum atomic E-state index is -0.560. The van der Waals surface area contributed by atoms with Crippen molar-refractivity contribution < 1.29 is 0 Å². The van der Waals surface area contributed by atoms with Gasteiger partial charge in [-0.1, -0.05) is 218 Å². The molecule has 284 valence electrons. The third-order valence-electron chi connectivity index (χ3n) is 12.6. The normalized spacial score (nSPS) is 12.7. The van der Waals surface area contributed by atoms with Gasteiger partial charge < -0.3 is 0 Å². The molecular weight excluding hydrogens is 739 g/mol. The van der Waals surface area contributed by atoms with Gasteiger partial charge in [0.1, 0.15) is 0 Å². The fourth-order valence-electron chi connectivity index (χ4n) is 10.0. The Morgan fingerprint density at radius 2 is 0.803 bits per heavy atom. The molecule has 0 aliphatic heterocycles. The van der Waals surface area contributed by atoms with Crippen molar-refractivity contribution in [3.63, 3.8) is 0 Å². The summed E-state index contributed by atoms with van der Waals surface area (Å²) in [6.45, 7) is 0. The van der Waals surface area contributed by atoms with E-state index in [9.17, 15) is 0 Å². The van der Waals surface area contributed by atoms with Crippen LogP contribution < -0.4 is 0 Å². The number of hydrogen-bond donors (Lipinski definition) is 0. The maximum atomic E-state index is 5.60. The first-order valence-electron chi connectivity index (χ1n) is 20.9. The lowest BCUT2D eigenvalue weighted by atomic mass is 9.67. The van der Waals surface area contributed by atoms with Crippen LogP contribution in [0.3, 0.4) is 0 Å². The molecule has 0 fully saturated rings. The second-order valence-electron chi connectivity index (χ2n) is 15.8. The number of nitrogens with zero attached hydrogens (tertiary/aromatic N) is 3. The average Bonchev–Trinajstić information content (AvgIpc) is 3.65. The number of rotatable bonds is 6. The van der Waals surface area contributed by atoms with E-state index in [0.29, 0.717) is 17.5 Å². The van der Waals surface area contributed by atoms with Gasteiger partial charge in [0, 0.05) is 16.7 Å². The fraction of sp³-hybridized carbons (Fsp3) is 0.0172. The Labute approximate surface area is 354 Å². The predicted molar refractivity (Wildman–Crippen MR) is 251 cm³/mol. The van der Waals surface area contributed by atoms with Crippen molar-refractivity contribution in [3.05, 3.63) is 247 Å². The first-order chi connectivity index (χ1) is 30.3. The molecule has 0 unspecified atom stereocenters. The van der Waals surface area contributed by atoms with Gasteiger partial charge in [-0.15, -0.1) is 0 Å². The zero-order chi connectivity index (χ0) is 40.3. The van der Waals surface area contributed by atoms with E-state index in [0.717, 1.165) is 49.5 Å². The monoisotopic (exact) mass is 775 g/mol. The van der Waals surface area contributed by atoms with Gasteiger partial charge in [-0.25, -0.2) is 15.0 Å². The van der Waals surface area contributed by atoms with Gasteiger partial charge in [0.15, 0.2) is 17.5 Å². The van der Waals surface area contributed by atoms with E-state index >= 15 is 0 Å². The highest BCUT2D eigenvalue weighted by Crippen LogP contribution is 2.58. The number of fused-ring (bicyclic) bond motifs is 7. The van der Waals surface area contributed by atoms with Crippen LogP contribution in [-0.4, -0.2) is 15.0 Å². The minimum absolute atomic E-state index is 0.560. The highest BCUT2D eigenvalue weighted by molar-refractivity contribution is 6.19. The lowest BCUT2D eigenvalue weighted by Gasteiger charge is -2.33. The summed E-state index contributed by atoms with van der Waals surface area (Å²) in [4.78, 5) is 16.6. The van der Waals surface area contributed by atoms with Crippen LogP contribution in [0.1, 0.15) is 22.3 Å². The van der Waals surface area contributed by atoms with E-state index in [1.54, 1.807) is 0 Å². The van der Waals surface area contributed by atoms with Crippen molar-refractivity contribution >= 4 is 32.3 Å². The van der Waals surface area contributed by atoms with Crippen LogP contribution in [0.4, 0.5) is 0 Å². The number of benzene rings is 10. The Kier molecular flexibility index (Phi) is 8.07. The number of aromatic nitrogens is 3. The molecule has 0 saturated carbocycles. The van der Waals surface area contributed by atoms with Crippen molar-refractivity contribution in [1.29, 1.82) is 0 Å². The molecule has 11 aromatic rings. The largest absolute Gasteiger partial charge is 0.208 e. The first-order valence-corrected chi connectivity index (χ1v) is 20.9. The van der Waals surface area contributed by atoms with Gasteiger partial charge in [-0.2, -0.15) is 0 Å². The Bertz CT molecular complexity index is 3430. The highest BCUT2D eigenvalue weighted by Gasteiger charge is 2.47. The summed E-state index contributed by atoms with van der Waals surface area (Å²) in [5.74, 6) is 1.90. The molecule has 0 saturated heterocycles. The zero-order valence-corrected chi connectivity index (χ0v) is 33.2. The van der Waals surface area contributed by atoms with Crippen molar-refractivity contribution in [2.24, 2.45) is 0 Å². The summed E-state index contributed by atoms with van der Waals surface area (Å²) in [6, 6.07) is 80.4. The van der Waals surface area contributed by atoms with Crippen molar-refractivity contribution in [3.8, 4) is 56.4 Å². The summed E-state index contributed by atoms with van der Waals surface area (Å²) >= 11 is 0. The third kappa shape index (κ3) is 5.41. The Hall–Kier alpha value is -8.01. The Morgan fingerprint density at radius 1 is 0.279 bits per heavy atom. The maximum absolute atomic E-state index is 5.60. The lowest BCUT2D eigenvalue weighted by Crippen LogP contribution is -2.28. The molecule has 0 amide bonds. The van der Waals surface area contributed by atoms with E-state index in [1.807, 2.05) is 0 Å². The molecule has 3 nitrogen and oxygen atoms in total. The standard InChI is InChI=1S/C58H37N3/c1-4-19-38(20-5-1)43-27-14-15-30-47(43)55-59-56(61-57(60-55)54-45-29-13-11-22-40(45)37-50-44-28-12-10-21-39(44)35-36-46(50)54)49-32-18-34-52-53(49)48-31-16-17-33-51(48)58(52,41-23-6-2-7-24-41)42-25-8-3-9-26-42/h1-37H. The summed E-state index contributed by atoms with van der Waals surface area (Å²) in [5, 5.41) is 6.91. The molecule has 0 radical (unpaired) electrons. The van der Waals surface area contributed by atoms with E-state index in [1.165, 1.54) is 44.0 Å². The molecule has 3 heteroatoms. The number of hydrogen-bond acceptors (Lipinski definition) is 3. The van der Waals surface area contributed by atoms with Crippen LogP contribution >= 0.6 is 0 Å². The van der Waals surface area contributed by atoms with Crippen LogP contribution in [0, 0.1) is 0 Å². The van der Waals surface area contributed by atoms with Crippen molar-refractivity contribution in [2.75, 3.05) is 0 Å². The fourth-order valence-corrected chi connectivity index (χ4v) is 10.0. The van der Waals surface area contributed by atoms with Crippen LogP contribution in [-0.2, 0) is 5.41 Å². The summed E-state index contributed by atoms with van der Waals surface area (Å²) in [6.07, 6.45) is 0. The minimum Gasteiger partial charge on any atom is -0.208 e. The molecule has 0 N–H and O–H groups in total. The molecule has 1 aliphatic rings. The van der Waals surface area contributed by atoms with Crippen LogP contribution in [0.15, 0.2) is 224 Å². The average molecular weight is 776 g/mol. The summed E-state index contributed by atoms with van der Waals surface area (Å²) in [7, 11) is 0. The van der Waals surface area contributed by atoms with Crippen LogP contribution in [0.2, 0.25) is 0 Å². The molecule has 10 aromatic carbocycles. The molecule has 1 aromatic heterocycles. The van der Waals surface area contributed by atoms with Crippen LogP contribution in [0.5, 0.6) is 0 Å². The maximum Gasteiger partial charge on any atom is 0.165 e. The Balaban J connectivity index is 1.20. The van der Waals surface area contributed by atoms with E-state index < -0.39 is 5.41 Å². The van der Waals surface area contributed by atoms with Gasteiger partial charge in [0.2, 0.25) is 0 Å². The molecule has 12 rings (SSSR count). The van der Waals surface area contributed by atoms with Gasteiger partial charge in [0.05, 0.1) is 5.41 Å². The summed E-state index contributed by atoms with van der Waals surface area (Å²) < 4.78 is 0. The van der Waals surface area contributed by atoms with E-state index in [-0.39, 0.29) is 0 Å². The quantitative estimate of drug-likeness (QED) is 0.125. The smallest absolute Gasteiger partial charge is 0.165 e. The second kappa shape index (κ2) is 14.1. The first kappa shape index (κ1) is 35.0. The molecule has 1 heterocycles. The lowest BCUT2D eigenvalue weighted by molar-refractivity contribution is 0.768. The molecule has 61 heavy (non-hydrogen) atoms.